The minimum absolute atomic E-state index is 0.0717. The molecule has 1 atom stereocenters. The lowest BCUT2D eigenvalue weighted by atomic mass is 10.3. The summed E-state index contributed by atoms with van der Waals surface area (Å²) in [6.07, 6.45) is 2.41. The van der Waals surface area contributed by atoms with E-state index in [1.54, 1.807) is 18.3 Å². The van der Waals surface area contributed by atoms with Gasteiger partial charge in [0, 0.05) is 12.8 Å². The molecular weight excluding hydrogens is 230 g/mol. The maximum atomic E-state index is 11.5. The van der Waals surface area contributed by atoms with Crippen LogP contribution in [0.25, 0.3) is 0 Å². The van der Waals surface area contributed by atoms with E-state index >= 15 is 0 Å². The molecule has 0 aliphatic carbocycles. The van der Waals surface area contributed by atoms with Crippen molar-refractivity contribution in [1.82, 2.24) is 10.3 Å². The summed E-state index contributed by atoms with van der Waals surface area (Å²) >= 11 is 5.86. The van der Waals surface area contributed by atoms with Gasteiger partial charge in [-0.15, -0.1) is 0 Å². The molecule has 0 radical (unpaired) electrons. The topological polar surface area (TPSA) is 63.2 Å². The van der Waals surface area contributed by atoms with Gasteiger partial charge in [-0.05, 0) is 18.6 Å². The fourth-order valence-electron chi connectivity index (χ4n) is 1.46. The lowest BCUT2D eigenvalue weighted by molar-refractivity contribution is 0.189. The van der Waals surface area contributed by atoms with Crippen LogP contribution in [0.15, 0.2) is 18.3 Å². The van der Waals surface area contributed by atoms with Gasteiger partial charge in [-0.1, -0.05) is 11.6 Å². The lowest BCUT2D eigenvalue weighted by Crippen LogP contribution is -2.38. The highest BCUT2D eigenvalue weighted by molar-refractivity contribution is 6.33. The first kappa shape index (κ1) is 11.2. The van der Waals surface area contributed by atoms with E-state index in [1.807, 2.05) is 0 Å². The summed E-state index contributed by atoms with van der Waals surface area (Å²) in [7, 11) is 0. The Morgan fingerprint density at radius 3 is 3.19 bits per heavy atom. The minimum atomic E-state index is -0.309. The molecule has 1 aromatic rings. The van der Waals surface area contributed by atoms with Gasteiger partial charge in [0.25, 0.3) is 0 Å². The van der Waals surface area contributed by atoms with Gasteiger partial charge in [-0.3, -0.25) is 5.32 Å². The molecule has 2 rings (SSSR count). The van der Waals surface area contributed by atoms with E-state index in [4.69, 9.17) is 16.3 Å². The zero-order valence-corrected chi connectivity index (χ0v) is 9.33. The zero-order chi connectivity index (χ0) is 11.4. The van der Waals surface area contributed by atoms with Crippen LogP contribution in [-0.4, -0.2) is 30.3 Å². The molecule has 1 unspecified atom stereocenters. The van der Waals surface area contributed by atoms with Crippen molar-refractivity contribution >= 4 is 23.4 Å². The Labute approximate surface area is 98.1 Å². The van der Waals surface area contributed by atoms with Crippen LogP contribution in [0.1, 0.15) is 6.42 Å². The van der Waals surface area contributed by atoms with Crippen LogP contribution in [0.3, 0.4) is 0 Å². The summed E-state index contributed by atoms with van der Waals surface area (Å²) < 4.78 is 5.15. The molecule has 1 fully saturated rings. The number of carbonyl (C=O) groups is 1. The van der Waals surface area contributed by atoms with Crippen LogP contribution >= 0.6 is 11.6 Å². The summed E-state index contributed by atoms with van der Waals surface area (Å²) in [4.78, 5) is 15.5. The molecule has 1 saturated heterocycles. The van der Waals surface area contributed by atoms with Gasteiger partial charge in [0.1, 0.15) is 0 Å². The van der Waals surface area contributed by atoms with E-state index < -0.39 is 0 Å². The van der Waals surface area contributed by atoms with Crippen LogP contribution in [0.4, 0.5) is 10.6 Å². The highest BCUT2D eigenvalue weighted by Crippen LogP contribution is 2.17. The third-order valence-corrected chi connectivity index (χ3v) is 2.56. The largest absolute Gasteiger partial charge is 0.379 e. The van der Waals surface area contributed by atoms with E-state index in [0.717, 1.165) is 6.42 Å². The number of nitrogens with one attached hydrogen (secondary N) is 2. The van der Waals surface area contributed by atoms with Crippen molar-refractivity contribution in [3.05, 3.63) is 23.4 Å². The van der Waals surface area contributed by atoms with E-state index in [0.29, 0.717) is 24.1 Å². The molecule has 86 valence electrons. The molecule has 5 nitrogen and oxygen atoms in total. The van der Waals surface area contributed by atoms with Gasteiger partial charge in [-0.25, -0.2) is 9.78 Å². The highest BCUT2D eigenvalue weighted by Gasteiger charge is 2.18. The number of carbonyl (C=O) groups excluding carboxylic acids is 1. The van der Waals surface area contributed by atoms with E-state index in [2.05, 4.69) is 15.6 Å². The molecule has 1 aromatic heterocycles. The van der Waals surface area contributed by atoms with Crippen LogP contribution in [0.2, 0.25) is 5.02 Å². The zero-order valence-electron chi connectivity index (χ0n) is 8.57. The van der Waals surface area contributed by atoms with E-state index in [9.17, 15) is 4.79 Å². The van der Waals surface area contributed by atoms with Gasteiger partial charge in [0.05, 0.1) is 17.7 Å². The average molecular weight is 242 g/mol. The molecule has 2 amide bonds. The maximum Gasteiger partial charge on any atom is 0.320 e. The average Bonchev–Trinajstić information content (AvgIpc) is 2.74. The minimum Gasteiger partial charge on any atom is -0.379 e. The summed E-state index contributed by atoms with van der Waals surface area (Å²) in [5.41, 5.74) is 0. The summed E-state index contributed by atoms with van der Waals surface area (Å²) in [5, 5.41) is 5.79. The van der Waals surface area contributed by atoms with Crippen LogP contribution in [-0.2, 0) is 4.74 Å². The molecule has 0 bridgehead atoms. The Kier molecular flexibility index (Phi) is 3.58. The van der Waals surface area contributed by atoms with Gasteiger partial charge < -0.3 is 10.1 Å². The summed E-state index contributed by atoms with van der Waals surface area (Å²) in [6, 6.07) is 3.14. The number of anilines is 1. The molecule has 1 aliphatic heterocycles. The normalized spacial score (nSPS) is 19.4. The van der Waals surface area contributed by atoms with Gasteiger partial charge in [0.2, 0.25) is 0 Å². The first-order valence-corrected chi connectivity index (χ1v) is 5.39. The van der Waals surface area contributed by atoms with Crippen LogP contribution in [0, 0.1) is 0 Å². The van der Waals surface area contributed by atoms with Crippen LogP contribution < -0.4 is 10.6 Å². The van der Waals surface area contributed by atoms with Crippen molar-refractivity contribution in [3.63, 3.8) is 0 Å². The number of nitrogens with zero attached hydrogens (tertiary/aromatic N) is 1. The molecule has 0 saturated carbocycles. The molecule has 6 heteroatoms. The first-order chi connectivity index (χ1) is 7.75. The number of pyridine rings is 1. The Bertz CT molecular complexity index is 380. The fraction of sp³-hybridized carbons (Fsp3) is 0.400. The van der Waals surface area contributed by atoms with Gasteiger partial charge in [0.15, 0.2) is 5.82 Å². The molecule has 16 heavy (non-hydrogen) atoms. The number of rotatable bonds is 2. The molecule has 1 aliphatic rings. The monoisotopic (exact) mass is 241 g/mol. The van der Waals surface area contributed by atoms with Crippen molar-refractivity contribution in [2.45, 2.75) is 12.5 Å². The quantitative estimate of drug-likeness (QED) is 0.828. The fourth-order valence-corrected chi connectivity index (χ4v) is 1.62. The number of hydrogen-bond donors (Lipinski definition) is 2. The van der Waals surface area contributed by atoms with Gasteiger partial charge in [-0.2, -0.15) is 0 Å². The number of hydrogen-bond acceptors (Lipinski definition) is 3. The Hall–Kier alpha value is -1.33. The predicted octanol–water partition coefficient (Wildman–Crippen LogP) is 1.65. The Balaban J connectivity index is 1.89. The SMILES string of the molecule is O=C(Nc1ncccc1Cl)NC1CCOC1. The number of urea groups is 1. The number of halogens is 1. The highest BCUT2D eigenvalue weighted by atomic mass is 35.5. The number of ether oxygens (including phenoxy) is 1. The number of amides is 2. The summed E-state index contributed by atoms with van der Waals surface area (Å²) in [6.45, 7) is 1.25. The number of aromatic nitrogens is 1. The van der Waals surface area contributed by atoms with Crippen molar-refractivity contribution < 1.29 is 9.53 Å². The van der Waals surface area contributed by atoms with Crippen LogP contribution in [0.5, 0.6) is 0 Å². The molecule has 2 heterocycles. The molecule has 0 aromatic carbocycles. The predicted molar refractivity (Wildman–Crippen MR) is 60.6 cm³/mol. The van der Waals surface area contributed by atoms with Crippen molar-refractivity contribution in [2.24, 2.45) is 0 Å². The Morgan fingerprint density at radius 1 is 1.62 bits per heavy atom. The van der Waals surface area contributed by atoms with Crippen molar-refractivity contribution in [2.75, 3.05) is 18.5 Å². The Morgan fingerprint density at radius 2 is 2.50 bits per heavy atom. The van der Waals surface area contributed by atoms with Crippen molar-refractivity contribution in [1.29, 1.82) is 0 Å². The second-order valence-corrected chi connectivity index (χ2v) is 3.90. The molecule has 0 spiro atoms. The smallest absolute Gasteiger partial charge is 0.320 e. The second-order valence-electron chi connectivity index (χ2n) is 3.49. The molecular formula is C10H12ClN3O2. The summed E-state index contributed by atoms with van der Waals surface area (Å²) in [5.74, 6) is 0.362. The lowest BCUT2D eigenvalue weighted by Gasteiger charge is -2.11. The van der Waals surface area contributed by atoms with Crippen molar-refractivity contribution in [3.8, 4) is 0 Å². The second kappa shape index (κ2) is 5.14. The molecule has 2 N–H and O–H groups in total. The third-order valence-electron chi connectivity index (χ3n) is 2.26. The van der Waals surface area contributed by atoms with E-state index in [1.165, 1.54) is 0 Å². The van der Waals surface area contributed by atoms with E-state index in [-0.39, 0.29) is 12.1 Å². The maximum absolute atomic E-state index is 11.5. The van der Waals surface area contributed by atoms with Gasteiger partial charge >= 0.3 is 6.03 Å². The standard InChI is InChI=1S/C10H12ClN3O2/c11-8-2-1-4-12-9(8)14-10(15)13-7-3-5-16-6-7/h1-2,4,7H,3,5-6H2,(H2,12,13,14,15). The first-order valence-electron chi connectivity index (χ1n) is 5.01. The third kappa shape index (κ3) is 2.84.